The molecule has 7 aromatic carbocycles. The third kappa shape index (κ3) is 6.81. The maximum Gasteiger partial charge on any atom is 0.164 e. The summed E-state index contributed by atoms with van der Waals surface area (Å²) in [5.41, 5.74) is 9.52. The van der Waals surface area contributed by atoms with E-state index in [-0.39, 0.29) is 5.41 Å². The number of hydrogen-bond donors (Lipinski definition) is 0. The summed E-state index contributed by atoms with van der Waals surface area (Å²) in [6.45, 7) is 6.58. The first-order valence-corrected chi connectivity index (χ1v) is 19.7. The Morgan fingerprint density at radius 1 is 0.426 bits per heavy atom. The predicted octanol–water partition coefficient (Wildman–Crippen LogP) is 12.1. The van der Waals surface area contributed by atoms with Crippen LogP contribution in [0.1, 0.15) is 48.6 Å². The van der Waals surface area contributed by atoms with Crippen LogP contribution >= 0.6 is 0 Å². The topological polar surface area (TPSA) is 139 Å². The van der Waals surface area contributed by atoms with Crippen LogP contribution in [0, 0.1) is 45.3 Å². The van der Waals surface area contributed by atoms with Crippen LogP contribution in [0.15, 0.2) is 152 Å². The molecule has 0 saturated carbocycles. The number of fused-ring (bicyclic) bond motifs is 3. The molecule has 286 valence electrons. The van der Waals surface area contributed by atoms with Gasteiger partial charge in [0.15, 0.2) is 17.5 Å². The van der Waals surface area contributed by atoms with Crippen molar-refractivity contribution in [3.05, 3.63) is 179 Å². The Morgan fingerprint density at radius 2 is 0.902 bits per heavy atom. The van der Waals surface area contributed by atoms with Crippen LogP contribution in [0.2, 0.25) is 0 Å². The molecule has 0 aliphatic carbocycles. The molecule has 8 heteroatoms. The quantitative estimate of drug-likeness (QED) is 0.164. The number of nitriles is 4. The largest absolute Gasteiger partial charge is 0.308 e. The molecule has 61 heavy (non-hydrogen) atoms. The summed E-state index contributed by atoms with van der Waals surface area (Å²) in [6.07, 6.45) is 0. The molecule has 0 aliphatic rings. The van der Waals surface area contributed by atoms with Crippen LogP contribution in [0.3, 0.4) is 0 Å². The van der Waals surface area contributed by atoms with Crippen molar-refractivity contribution in [2.75, 3.05) is 0 Å². The number of rotatable bonds is 6. The van der Waals surface area contributed by atoms with E-state index in [9.17, 15) is 21.0 Å². The maximum absolute atomic E-state index is 10.7. The van der Waals surface area contributed by atoms with Crippen LogP contribution in [-0.2, 0) is 5.41 Å². The van der Waals surface area contributed by atoms with Crippen molar-refractivity contribution in [2.45, 2.75) is 26.2 Å². The smallest absolute Gasteiger partial charge is 0.164 e. The van der Waals surface area contributed by atoms with Crippen molar-refractivity contribution in [1.29, 1.82) is 21.0 Å². The molecule has 2 aromatic heterocycles. The van der Waals surface area contributed by atoms with Crippen molar-refractivity contribution in [3.63, 3.8) is 0 Å². The molecular weight excluding hydrogens is 749 g/mol. The van der Waals surface area contributed by atoms with E-state index in [4.69, 9.17) is 15.0 Å². The van der Waals surface area contributed by atoms with E-state index < -0.39 is 0 Å². The first-order chi connectivity index (χ1) is 29.7. The Hall–Kier alpha value is -8.69. The Balaban J connectivity index is 1.48. The van der Waals surface area contributed by atoms with Crippen LogP contribution in [-0.4, -0.2) is 19.5 Å². The number of hydrogen-bond acceptors (Lipinski definition) is 7. The lowest BCUT2D eigenvalue weighted by Gasteiger charge is -2.22. The molecule has 9 aromatic rings. The number of benzene rings is 7. The van der Waals surface area contributed by atoms with Gasteiger partial charge in [0.05, 0.1) is 63.3 Å². The van der Waals surface area contributed by atoms with Crippen LogP contribution in [0.5, 0.6) is 0 Å². The summed E-state index contributed by atoms with van der Waals surface area (Å²) < 4.78 is 2.20. The van der Waals surface area contributed by atoms with Gasteiger partial charge in [0, 0.05) is 49.7 Å². The molecule has 0 N–H and O–H groups in total. The highest BCUT2D eigenvalue weighted by Crippen LogP contribution is 2.46. The van der Waals surface area contributed by atoms with Crippen LogP contribution < -0.4 is 0 Å². The molecule has 2 heterocycles. The number of nitrogens with zero attached hydrogens (tertiary/aromatic N) is 8. The maximum atomic E-state index is 10.7. The lowest BCUT2D eigenvalue weighted by molar-refractivity contribution is 0.591. The molecule has 8 nitrogen and oxygen atoms in total. The van der Waals surface area contributed by atoms with E-state index in [1.807, 2.05) is 84.9 Å². The zero-order valence-electron chi connectivity index (χ0n) is 33.5. The van der Waals surface area contributed by atoms with Crippen molar-refractivity contribution in [1.82, 2.24) is 19.5 Å². The first kappa shape index (κ1) is 37.9. The normalized spacial score (nSPS) is 11.1. The molecule has 0 fully saturated rings. The molecule has 0 spiro atoms. The third-order valence-corrected chi connectivity index (χ3v) is 10.9. The summed E-state index contributed by atoms with van der Waals surface area (Å²) in [7, 11) is 0. The monoisotopic (exact) mass is 782 g/mol. The van der Waals surface area contributed by atoms with E-state index >= 15 is 0 Å². The van der Waals surface area contributed by atoms with Crippen molar-refractivity contribution in [2.24, 2.45) is 0 Å². The average Bonchev–Trinajstić information content (AvgIpc) is 3.64. The fourth-order valence-corrected chi connectivity index (χ4v) is 7.92. The minimum atomic E-state index is -0.120. The zero-order chi connectivity index (χ0) is 42.3. The van der Waals surface area contributed by atoms with E-state index in [0.717, 1.165) is 32.9 Å². The average molecular weight is 783 g/mol. The summed E-state index contributed by atoms with van der Waals surface area (Å²) in [6, 6.07) is 57.5. The standard InChI is InChI=1S/C53H34N8/c1-53(2,3)40-20-23-48-44(28-40)43-16-10-11-17-47(43)61(48)49-45(41-21-18-33(29-54)24-38(41)31-56)26-37(27-46(49)42-22-19-34(30-55)25-39(42)32-57)52-59-50(35-12-6-4-7-13-35)58-51(60-52)36-14-8-5-9-15-36/h4-28H,1-3H3. The van der Waals surface area contributed by atoms with Gasteiger partial charge in [0.2, 0.25) is 0 Å². The summed E-state index contributed by atoms with van der Waals surface area (Å²) in [5, 5.41) is 43.4. The van der Waals surface area contributed by atoms with Crippen molar-refractivity contribution in [3.8, 4) is 86.4 Å². The summed E-state index contributed by atoms with van der Waals surface area (Å²) in [4.78, 5) is 15.1. The predicted molar refractivity (Wildman–Crippen MR) is 239 cm³/mol. The Bertz CT molecular complexity index is 3230. The van der Waals surface area contributed by atoms with E-state index in [1.54, 1.807) is 36.4 Å². The Labute approximate surface area is 353 Å². The molecule has 9 rings (SSSR count). The highest BCUT2D eigenvalue weighted by Gasteiger charge is 2.26. The molecular formula is C53H34N8. The van der Waals surface area contributed by atoms with Gasteiger partial charge in [-0.3, -0.25) is 0 Å². The third-order valence-electron chi connectivity index (χ3n) is 10.9. The fraction of sp³-hybridized carbons (Fsp3) is 0.0755. The molecule has 0 unspecified atom stereocenters. The lowest BCUT2D eigenvalue weighted by Crippen LogP contribution is -2.10. The van der Waals surface area contributed by atoms with Gasteiger partial charge >= 0.3 is 0 Å². The Kier molecular flexibility index (Phi) is 9.46. The van der Waals surface area contributed by atoms with Crippen LogP contribution in [0.4, 0.5) is 0 Å². The van der Waals surface area contributed by atoms with E-state index in [0.29, 0.717) is 73.2 Å². The number of para-hydroxylation sites is 1. The second-order valence-electron chi connectivity index (χ2n) is 15.8. The Morgan fingerprint density at radius 3 is 1.39 bits per heavy atom. The van der Waals surface area contributed by atoms with Crippen molar-refractivity contribution < 1.29 is 0 Å². The molecule has 0 amide bonds. The second kappa shape index (κ2) is 15.2. The minimum Gasteiger partial charge on any atom is -0.308 e. The second-order valence-corrected chi connectivity index (χ2v) is 15.8. The van der Waals surface area contributed by atoms with E-state index in [2.05, 4.69) is 79.9 Å². The molecule has 0 aliphatic heterocycles. The fourth-order valence-electron chi connectivity index (χ4n) is 7.92. The molecule has 0 atom stereocenters. The van der Waals surface area contributed by atoms with Gasteiger partial charge in [0.25, 0.3) is 0 Å². The van der Waals surface area contributed by atoms with Gasteiger partial charge in [-0.05, 0) is 65.6 Å². The minimum absolute atomic E-state index is 0.120. The lowest BCUT2D eigenvalue weighted by atomic mass is 9.86. The SMILES string of the molecule is CC(C)(C)c1ccc2c(c1)c1ccccc1n2-c1c(-c2ccc(C#N)cc2C#N)cc(-c2nc(-c3ccccc3)nc(-c3ccccc3)n2)cc1-c1ccc(C#N)cc1C#N. The van der Waals surface area contributed by atoms with Crippen LogP contribution in [0.25, 0.3) is 83.9 Å². The van der Waals surface area contributed by atoms with Crippen molar-refractivity contribution >= 4 is 21.8 Å². The van der Waals surface area contributed by atoms with E-state index in [1.165, 1.54) is 5.56 Å². The van der Waals surface area contributed by atoms with Gasteiger partial charge in [-0.15, -0.1) is 0 Å². The van der Waals surface area contributed by atoms with Gasteiger partial charge in [-0.25, -0.2) is 15.0 Å². The van der Waals surface area contributed by atoms with Gasteiger partial charge in [-0.2, -0.15) is 21.0 Å². The summed E-state index contributed by atoms with van der Waals surface area (Å²) in [5.74, 6) is 1.32. The highest BCUT2D eigenvalue weighted by molar-refractivity contribution is 6.11. The summed E-state index contributed by atoms with van der Waals surface area (Å²) >= 11 is 0. The van der Waals surface area contributed by atoms with Gasteiger partial charge in [0.1, 0.15) is 0 Å². The molecule has 0 saturated heterocycles. The number of aromatic nitrogens is 4. The molecule has 0 bridgehead atoms. The van der Waals surface area contributed by atoms with Gasteiger partial charge < -0.3 is 4.57 Å². The highest BCUT2D eigenvalue weighted by atomic mass is 15.0. The zero-order valence-corrected chi connectivity index (χ0v) is 33.5. The first-order valence-electron chi connectivity index (χ1n) is 19.7. The van der Waals surface area contributed by atoms with Gasteiger partial charge in [-0.1, -0.05) is 118 Å². The molecule has 0 radical (unpaired) electrons.